The molecule has 6 nitrogen and oxygen atoms in total. The van der Waals surface area contributed by atoms with Crippen LogP contribution in [-0.4, -0.2) is 26.5 Å². The van der Waals surface area contributed by atoms with Crippen molar-refractivity contribution >= 4 is 16.5 Å². The molecule has 0 atom stereocenters. The third-order valence-electron chi connectivity index (χ3n) is 2.08. The van der Waals surface area contributed by atoms with Gasteiger partial charge in [-0.2, -0.15) is 5.10 Å². The molecule has 0 spiro atoms. The first kappa shape index (κ1) is 11.7. The monoisotopic (exact) mass is 251 g/mol. The molecule has 0 bridgehead atoms. The van der Waals surface area contributed by atoms with Crippen LogP contribution in [-0.2, 0) is 6.54 Å². The Labute approximate surface area is 102 Å². The Kier molecular flexibility index (Phi) is 3.48. The van der Waals surface area contributed by atoms with Crippen LogP contribution < -0.4 is 10.9 Å². The zero-order valence-electron chi connectivity index (χ0n) is 9.67. The molecule has 0 aliphatic rings. The Bertz CT molecular complexity index is 562. The fourth-order valence-corrected chi connectivity index (χ4v) is 2.12. The molecule has 0 amide bonds. The van der Waals surface area contributed by atoms with Crippen molar-refractivity contribution in [2.75, 3.05) is 11.9 Å². The van der Waals surface area contributed by atoms with E-state index in [4.69, 9.17) is 0 Å². The van der Waals surface area contributed by atoms with Crippen molar-refractivity contribution in [3.05, 3.63) is 33.2 Å². The highest BCUT2D eigenvalue weighted by molar-refractivity contribution is 7.15. The number of nitrogens with one attached hydrogen (secondary N) is 1. The van der Waals surface area contributed by atoms with Gasteiger partial charge in [0.15, 0.2) is 0 Å². The molecule has 7 heteroatoms. The lowest BCUT2D eigenvalue weighted by molar-refractivity contribution is 0.622. The molecule has 0 aliphatic carbocycles. The van der Waals surface area contributed by atoms with Crippen molar-refractivity contribution in [3.8, 4) is 0 Å². The standard InChI is InChI=1S/C10H13N5OS/c1-3-11-10-13-12-8(17-10)6-15-9(16)5-4-7(2)14-15/h4-5H,3,6H2,1-2H3,(H,11,13). The summed E-state index contributed by atoms with van der Waals surface area (Å²) in [5.41, 5.74) is 0.678. The van der Waals surface area contributed by atoms with Gasteiger partial charge in [0.1, 0.15) is 5.01 Å². The Morgan fingerprint density at radius 2 is 2.24 bits per heavy atom. The topological polar surface area (TPSA) is 72.7 Å². The highest BCUT2D eigenvalue weighted by atomic mass is 32.1. The van der Waals surface area contributed by atoms with E-state index in [1.54, 1.807) is 6.07 Å². The molecule has 0 radical (unpaired) electrons. The molecular formula is C10H13N5OS. The first-order valence-corrected chi connectivity index (χ1v) is 6.11. The third-order valence-corrected chi connectivity index (χ3v) is 2.95. The summed E-state index contributed by atoms with van der Waals surface area (Å²) in [4.78, 5) is 11.5. The second kappa shape index (κ2) is 5.05. The molecule has 0 saturated carbocycles. The number of rotatable bonds is 4. The summed E-state index contributed by atoms with van der Waals surface area (Å²) in [6.07, 6.45) is 0. The molecule has 0 unspecified atom stereocenters. The van der Waals surface area contributed by atoms with Gasteiger partial charge in [-0.05, 0) is 19.9 Å². The summed E-state index contributed by atoms with van der Waals surface area (Å²) in [5.74, 6) is 0. The van der Waals surface area contributed by atoms with Crippen LogP contribution in [0.15, 0.2) is 16.9 Å². The third kappa shape index (κ3) is 2.88. The summed E-state index contributed by atoms with van der Waals surface area (Å²) in [6, 6.07) is 3.21. The number of aryl methyl sites for hydroxylation is 1. The zero-order chi connectivity index (χ0) is 12.3. The highest BCUT2D eigenvalue weighted by Gasteiger charge is 2.06. The van der Waals surface area contributed by atoms with Crippen LogP contribution in [0.5, 0.6) is 0 Å². The molecule has 2 heterocycles. The van der Waals surface area contributed by atoms with Gasteiger partial charge < -0.3 is 5.32 Å². The Morgan fingerprint density at radius 3 is 3.00 bits per heavy atom. The first-order valence-electron chi connectivity index (χ1n) is 5.30. The Balaban J connectivity index is 2.19. The highest BCUT2D eigenvalue weighted by Crippen LogP contribution is 2.14. The predicted molar refractivity (Wildman–Crippen MR) is 66.4 cm³/mol. The van der Waals surface area contributed by atoms with E-state index in [1.165, 1.54) is 22.1 Å². The molecule has 0 aromatic carbocycles. The lowest BCUT2D eigenvalue weighted by atomic mass is 10.4. The first-order chi connectivity index (χ1) is 8.19. The zero-order valence-corrected chi connectivity index (χ0v) is 10.5. The largest absolute Gasteiger partial charge is 0.360 e. The summed E-state index contributed by atoms with van der Waals surface area (Å²) in [5, 5.41) is 16.7. The summed E-state index contributed by atoms with van der Waals surface area (Å²) < 4.78 is 1.39. The molecule has 90 valence electrons. The average molecular weight is 251 g/mol. The summed E-state index contributed by atoms with van der Waals surface area (Å²) >= 11 is 1.43. The van der Waals surface area contributed by atoms with Crippen LogP contribution in [0.4, 0.5) is 5.13 Å². The van der Waals surface area contributed by atoms with Crippen molar-refractivity contribution in [2.45, 2.75) is 20.4 Å². The van der Waals surface area contributed by atoms with Crippen molar-refractivity contribution in [1.29, 1.82) is 0 Å². The minimum absolute atomic E-state index is 0.129. The van der Waals surface area contributed by atoms with E-state index in [9.17, 15) is 4.79 Å². The van der Waals surface area contributed by atoms with Gasteiger partial charge >= 0.3 is 0 Å². The van der Waals surface area contributed by atoms with E-state index in [-0.39, 0.29) is 5.56 Å². The van der Waals surface area contributed by atoms with Gasteiger partial charge in [0.2, 0.25) is 5.13 Å². The van der Waals surface area contributed by atoms with Gasteiger partial charge in [0.25, 0.3) is 5.56 Å². The van der Waals surface area contributed by atoms with E-state index in [1.807, 2.05) is 13.8 Å². The van der Waals surface area contributed by atoms with Crippen molar-refractivity contribution < 1.29 is 0 Å². The molecule has 2 aromatic heterocycles. The van der Waals surface area contributed by atoms with Crippen LogP contribution >= 0.6 is 11.3 Å². The maximum atomic E-state index is 11.5. The normalized spacial score (nSPS) is 10.5. The van der Waals surface area contributed by atoms with Gasteiger partial charge in [-0.3, -0.25) is 4.79 Å². The maximum Gasteiger partial charge on any atom is 0.267 e. The molecule has 0 saturated heterocycles. The molecule has 17 heavy (non-hydrogen) atoms. The lowest BCUT2D eigenvalue weighted by Crippen LogP contribution is -2.22. The van der Waals surface area contributed by atoms with E-state index >= 15 is 0 Å². The van der Waals surface area contributed by atoms with Gasteiger partial charge in [0, 0.05) is 12.6 Å². The van der Waals surface area contributed by atoms with Gasteiger partial charge in [-0.25, -0.2) is 4.68 Å². The fourth-order valence-electron chi connectivity index (χ4n) is 1.33. The van der Waals surface area contributed by atoms with Crippen molar-refractivity contribution in [1.82, 2.24) is 20.0 Å². The maximum absolute atomic E-state index is 11.5. The van der Waals surface area contributed by atoms with Crippen molar-refractivity contribution in [3.63, 3.8) is 0 Å². The van der Waals surface area contributed by atoms with Crippen molar-refractivity contribution in [2.24, 2.45) is 0 Å². The number of aromatic nitrogens is 4. The average Bonchev–Trinajstić information content (AvgIpc) is 2.72. The van der Waals surface area contributed by atoms with Gasteiger partial charge in [-0.1, -0.05) is 11.3 Å². The second-order valence-electron chi connectivity index (χ2n) is 3.50. The predicted octanol–water partition coefficient (Wildman–Crippen LogP) is 0.883. The summed E-state index contributed by atoms with van der Waals surface area (Å²) in [6.45, 7) is 5.01. The lowest BCUT2D eigenvalue weighted by Gasteiger charge is -2.01. The minimum atomic E-state index is -0.129. The van der Waals surface area contributed by atoms with E-state index in [2.05, 4.69) is 20.6 Å². The van der Waals surface area contributed by atoms with E-state index in [0.717, 1.165) is 22.4 Å². The summed E-state index contributed by atoms with van der Waals surface area (Å²) in [7, 11) is 0. The van der Waals surface area contributed by atoms with Crippen LogP contribution in [0.1, 0.15) is 17.6 Å². The second-order valence-corrected chi connectivity index (χ2v) is 4.56. The molecule has 0 aliphatic heterocycles. The smallest absolute Gasteiger partial charge is 0.267 e. The molecule has 2 aromatic rings. The Hall–Kier alpha value is -1.76. The minimum Gasteiger partial charge on any atom is -0.360 e. The fraction of sp³-hybridized carbons (Fsp3) is 0.400. The van der Waals surface area contributed by atoms with E-state index < -0.39 is 0 Å². The molecule has 2 rings (SSSR count). The van der Waals surface area contributed by atoms with Crippen LogP contribution in [0, 0.1) is 6.92 Å². The Morgan fingerprint density at radius 1 is 1.41 bits per heavy atom. The number of hydrogen-bond donors (Lipinski definition) is 1. The SMILES string of the molecule is CCNc1nnc(Cn2nc(C)ccc2=O)s1. The number of nitrogens with zero attached hydrogens (tertiary/aromatic N) is 4. The quantitative estimate of drug-likeness (QED) is 0.873. The number of anilines is 1. The van der Waals surface area contributed by atoms with Crippen LogP contribution in [0.3, 0.4) is 0 Å². The van der Waals surface area contributed by atoms with Gasteiger partial charge in [-0.15, -0.1) is 10.2 Å². The molecular weight excluding hydrogens is 238 g/mol. The molecule has 1 N–H and O–H groups in total. The van der Waals surface area contributed by atoms with Crippen LogP contribution in [0.25, 0.3) is 0 Å². The van der Waals surface area contributed by atoms with Crippen LogP contribution in [0.2, 0.25) is 0 Å². The molecule has 0 fully saturated rings. The van der Waals surface area contributed by atoms with E-state index in [0.29, 0.717) is 6.54 Å². The van der Waals surface area contributed by atoms with Gasteiger partial charge in [0.05, 0.1) is 12.2 Å². The number of hydrogen-bond acceptors (Lipinski definition) is 6.